The lowest BCUT2D eigenvalue weighted by atomic mass is 9.84. The Morgan fingerprint density at radius 2 is 1.96 bits per heavy atom. The molecule has 0 bridgehead atoms. The van der Waals surface area contributed by atoms with Crippen molar-refractivity contribution in [3.8, 4) is 5.75 Å². The summed E-state index contributed by atoms with van der Waals surface area (Å²) in [4.78, 5) is 15.3. The molecule has 1 saturated carbocycles. The molecule has 1 aromatic heterocycles. The molecule has 144 valence electrons. The van der Waals surface area contributed by atoms with Crippen LogP contribution < -0.4 is 10.1 Å². The van der Waals surface area contributed by atoms with Crippen molar-refractivity contribution >= 4 is 11.7 Å². The zero-order chi connectivity index (χ0) is 18.6. The van der Waals surface area contributed by atoms with Gasteiger partial charge in [0.2, 0.25) is 0 Å². The molecule has 2 aromatic rings. The number of hydrogen-bond donors (Lipinski definition) is 1. The van der Waals surface area contributed by atoms with Crippen LogP contribution in [0.3, 0.4) is 0 Å². The largest absolute Gasteiger partial charge is 0.496 e. The molecular formula is C21H28N4O2. The van der Waals surface area contributed by atoms with Gasteiger partial charge in [-0.05, 0) is 43.7 Å². The van der Waals surface area contributed by atoms with Gasteiger partial charge >= 0.3 is 0 Å². The van der Waals surface area contributed by atoms with E-state index in [4.69, 9.17) is 4.74 Å². The first kappa shape index (κ1) is 18.0. The average Bonchev–Trinajstić information content (AvgIpc) is 3.13. The third-order valence-electron chi connectivity index (χ3n) is 5.91. The number of aromatic nitrogens is 2. The second-order valence-corrected chi connectivity index (χ2v) is 7.64. The zero-order valence-corrected chi connectivity index (χ0v) is 15.9. The van der Waals surface area contributed by atoms with Crippen LogP contribution in [-0.2, 0) is 0 Å². The van der Waals surface area contributed by atoms with Crippen molar-refractivity contribution in [2.45, 2.75) is 38.1 Å². The average molecular weight is 368 g/mol. The van der Waals surface area contributed by atoms with Crippen LogP contribution in [0, 0.1) is 5.92 Å². The molecule has 1 aliphatic heterocycles. The number of carbonyl (C=O) groups is 1. The minimum absolute atomic E-state index is 0.170. The van der Waals surface area contributed by atoms with E-state index < -0.39 is 0 Å². The van der Waals surface area contributed by atoms with Crippen LogP contribution in [0.2, 0.25) is 0 Å². The Kier molecular flexibility index (Phi) is 5.43. The highest BCUT2D eigenvalue weighted by Gasteiger charge is 2.26. The van der Waals surface area contributed by atoms with Gasteiger partial charge in [-0.25, -0.2) is 4.68 Å². The lowest BCUT2D eigenvalue weighted by molar-refractivity contribution is 0.102. The molecule has 2 fully saturated rings. The van der Waals surface area contributed by atoms with Crippen molar-refractivity contribution in [3.05, 3.63) is 42.1 Å². The first-order valence-electron chi connectivity index (χ1n) is 9.95. The van der Waals surface area contributed by atoms with Crippen LogP contribution in [0.5, 0.6) is 5.75 Å². The van der Waals surface area contributed by atoms with Crippen molar-refractivity contribution in [1.82, 2.24) is 14.7 Å². The van der Waals surface area contributed by atoms with Crippen LogP contribution in [-0.4, -0.2) is 47.3 Å². The second kappa shape index (κ2) is 8.13. The Morgan fingerprint density at radius 1 is 1.19 bits per heavy atom. The molecule has 0 unspecified atom stereocenters. The number of carbonyl (C=O) groups excluding carboxylic acids is 1. The van der Waals surface area contributed by atoms with Crippen molar-refractivity contribution in [3.63, 3.8) is 0 Å². The normalized spacial score (nSPS) is 18.9. The molecule has 0 spiro atoms. The van der Waals surface area contributed by atoms with E-state index in [0.717, 1.165) is 37.7 Å². The monoisotopic (exact) mass is 368 g/mol. The van der Waals surface area contributed by atoms with E-state index in [1.165, 1.54) is 25.8 Å². The minimum atomic E-state index is -0.170. The van der Waals surface area contributed by atoms with Gasteiger partial charge in [-0.15, -0.1) is 0 Å². The quantitative estimate of drug-likeness (QED) is 0.847. The smallest absolute Gasteiger partial charge is 0.260 e. The summed E-state index contributed by atoms with van der Waals surface area (Å²) in [6, 6.07) is 9.47. The highest BCUT2D eigenvalue weighted by Crippen LogP contribution is 2.30. The van der Waals surface area contributed by atoms with E-state index >= 15 is 0 Å². The molecule has 6 heteroatoms. The summed E-state index contributed by atoms with van der Waals surface area (Å²) in [5.74, 6) is 2.08. The van der Waals surface area contributed by atoms with Crippen LogP contribution in [0.1, 0.15) is 48.5 Å². The number of para-hydroxylation sites is 1. The Bertz CT molecular complexity index is 776. The van der Waals surface area contributed by atoms with Crippen LogP contribution >= 0.6 is 0 Å². The predicted octanol–water partition coefficient (Wildman–Crippen LogP) is 3.58. The number of benzene rings is 1. The molecule has 1 amide bonds. The summed E-state index contributed by atoms with van der Waals surface area (Å²) < 4.78 is 7.28. The minimum Gasteiger partial charge on any atom is -0.496 e. The van der Waals surface area contributed by atoms with Gasteiger partial charge in [0.15, 0.2) is 0 Å². The number of rotatable bonds is 6. The maximum absolute atomic E-state index is 12.7. The zero-order valence-electron chi connectivity index (χ0n) is 15.9. The van der Waals surface area contributed by atoms with Crippen molar-refractivity contribution < 1.29 is 9.53 Å². The van der Waals surface area contributed by atoms with Gasteiger partial charge in [-0.3, -0.25) is 4.79 Å². The molecule has 2 aliphatic rings. The predicted molar refractivity (Wildman–Crippen MR) is 105 cm³/mol. The molecule has 1 N–H and O–H groups in total. The summed E-state index contributed by atoms with van der Waals surface area (Å²) in [7, 11) is 1.58. The molecule has 2 heterocycles. The third-order valence-corrected chi connectivity index (χ3v) is 5.91. The van der Waals surface area contributed by atoms with Crippen LogP contribution in [0.25, 0.3) is 0 Å². The van der Waals surface area contributed by atoms with Gasteiger partial charge in [0.25, 0.3) is 5.91 Å². The number of ether oxygens (including phenoxy) is 1. The fourth-order valence-electron chi connectivity index (χ4n) is 4.11. The number of likely N-dealkylation sites (tertiary alicyclic amines) is 1. The number of nitrogens with one attached hydrogen (secondary N) is 1. The molecule has 1 aliphatic carbocycles. The Morgan fingerprint density at radius 3 is 2.67 bits per heavy atom. The Labute approximate surface area is 160 Å². The third kappa shape index (κ3) is 4.00. The SMILES string of the molecule is COc1ccccc1C(=O)Nc1ccnn1C1CCN(CC2CCC2)CC1. The van der Waals surface area contributed by atoms with Gasteiger partial charge in [0.05, 0.1) is 24.9 Å². The number of nitrogens with zero attached hydrogens (tertiary/aromatic N) is 3. The summed E-state index contributed by atoms with van der Waals surface area (Å²) in [5.41, 5.74) is 0.531. The Hall–Kier alpha value is -2.34. The number of anilines is 1. The number of methoxy groups -OCH3 is 1. The van der Waals surface area contributed by atoms with Crippen molar-refractivity contribution in [2.24, 2.45) is 5.92 Å². The number of amides is 1. The highest BCUT2D eigenvalue weighted by atomic mass is 16.5. The maximum atomic E-state index is 12.7. The van der Waals surface area contributed by atoms with Crippen molar-refractivity contribution in [1.29, 1.82) is 0 Å². The lowest BCUT2D eigenvalue weighted by Crippen LogP contribution is -2.39. The molecule has 4 rings (SSSR count). The van der Waals surface area contributed by atoms with E-state index in [1.54, 1.807) is 25.4 Å². The standard InChI is InChI=1S/C21H28N4O2/c1-27-19-8-3-2-7-18(19)21(26)23-20-9-12-22-25(20)17-10-13-24(14-11-17)15-16-5-4-6-16/h2-3,7-9,12,16-17H,4-6,10-11,13-15H2,1H3,(H,23,26). The summed E-state index contributed by atoms with van der Waals surface area (Å²) >= 11 is 0. The fraction of sp³-hybridized carbons (Fsp3) is 0.524. The van der Waals surface area contributed by atoms with Gasteiger partial charge < -0.3 is 15.0 Å². The molecule has 1 aromatic carbocycles. The number of hydrogen-bond acceptors (Lipinski definition) is 4. The van der Waals surface area contributed by atoms with E-state index in [2.05, 4.69) is 15.3 Å². The molecule has 27 heavy (non-hydrogen) atoms. The summed E-state index contributed by atoms with van der Waals surface area (Å²) in [5, 5.41) is 7.50. The van der Waals surface area contributed by atoms with Gasteiger partial charge in [0.1, 0.15) is 11.6 Å². The molecule has 1 saturated heterocycles. The molecule has 0 radical (unpaired) electrons. The maximum Gasteiger partial charge on any atom is 0.260 e. The molecular weight excluding hydrogens is 340 g/mol. The van der Waals surface area contributed by atoms with Gasteiger partial charge in [-0.1, -0.05) is 18.6 Å². The Balaban J connectivity index is 1.39. The highest BCUT2D eigenvalue weighted by molar-refractivity contribution is 6.05. The van der Waals surface area contributed by atoms with E-state index in [9.17, 15) is 4.79 Å². The van der Waals surface area contributed by atoms with E-state index in [1.807, 2.05) is 22.9 Å². The summed E-state index contributed by atoms with van der Waals surface area (Å²) in [6.07, 6.45) is 8.12. The number of piperidine rings is 1. The summed E-state index contributed by atoms with van der Waals surface area (Å²) in [6.45, 7) is 3.48. The van der Waals surface area contributed by atoms with Crippen LogP contribution in [0.15, 0.2) is 36.5 Å². The first-order valence-corrected chi connectivity index (χ1v) is 9.95. The second-order valence-electron chi connectivity index (χ2n) is 7.64. The lowest BCUT2D eigenvalue weighted by Gasteiger charge is -2.37. The molecule has 6 nitrogen and oxygen atoms in total. The van der Waals surface area contributed by atoms with E-state index in [-0.39, 0.29) is 5.91 Å². The topological polar surface area (TPSA) is 59.4 Å². The van der Waals surface area contributed by atoms with Crippen molar-refractivity contribution in [2.75, 3.05) is 32.1 Å². The van der Waals surface area contributed by atoms with Gasteiger partial charge in [-0.2, -0.15) is 5.10 Å². The molecule has 0 atom stereocenters. The fourth-order valence-corrected chi connectivity index (χ4v) is 4.11. The first-order chi connectivity index (χ1) is 13.2. The van der Waals surface area contributed by atoms with Crippen LogP contribution in [0.4, 0.5) is 5.82 Å². The van der Waals surface area contributed by atoms with E-state index in [0.29, 0.717) is 17.4 Å². The van der Waals surface area contributed by atoms with Gasteiger partial charge in [0, 0.05) is 25.7 Å².